The largest absolute Gasteiger partial charge is 0.506 e. The van der Waals surface area contributed by atoms with Crippen molar-refractivity contribution >= 4 is 17.5 Å². The number of aromatic hydroxyl groups is 1. The van der Waals surface area contributed by atoms with Crippen molar-refractivity contribution in [3.8, 4) is 5.75 Å². The van der Waals surface area contributed by atoms with Crippen LogP contribution in [0.5, 0.6) is 5.75 Å². The van der Waals surface area contributed by atoms with Gasteiger partial charge in [0.2, 0.25) is 5.91 Å². The molecule has 0 unspecified atom stereocenters. The Kier molecular flexibility index (Phi) is 5.17. The van der Waals surface area contributed by atoms with Crippen molar-refractivity contribution in [3.63, 3.8) is 0 Å². The quantitative estimate of drug-likeness (QED) is 0.892. The van der Waals surface area contributed by atoms with Gasteiger partial charge < -0.3 is 10.4 Å². The van der Waals surface area contributed by atoms with E-state index >= 15 is 0 Å². The summed E-state index contributed by atoms with van der Waals surface area (Å²) in [7, 11) is 0. The first kappa shape index (κ1) is 15.3. The summed E-state index contributed by atoms with van der Waals surface area (Å²) in [6, 6.07) is 10.9. The van der Waals surface area contributed by atoms with Crippen LogP contribution in [0.4, 0.5) is 4.39 Å². The van der Waals surface area contributed by atoms with Crippen LogP contribution in [0.3, 0.4) is 0 Å². The molecule has 110 valence electrons. The molecule has 0 aliphatic heterocycles. The lowest BCUT2D eigenvalue weighted by Crippen LogP contribution is -2.27. The Bertz CT molecular complexity index is 629. The van der Waals surface area contributed by atoms with E-state index in [1.165, 1.54) is 18.2 Å². The molecule has 5 heteroatoms. The van der Waals surface area contributed by atoms with Gasteiger partial charge >= 0.3 is 0 Å². The first-order valence-electron chi connectivity index (χ1n) is 6.53. The van der Waals surface area contributed by atoms with Crippen molar-refractivity contribution in [1.29, 1.82) is 0 Å². The summed E-state index contributed by atoms with van der Waals surface area (Å²) in [4.78, 5) is 11.8. The molecule has 0 saturated heterocycles. The van der Waals surface area contributed by atoms with Crippen molar-refractivity contribution in [1.82, 2.24) is 5.32 Å². The SMILES string of the molecule is O=C(Cc1ccc(O)c(Cl)c1)NCCc1ccc(F)cc1. The number of amides is 1. The fraction of sp³-hybridized carbons (Fsp3) is 0.188. The predicted octanol–water partition coefficient (Wildman–Crippen LogP) is 3.09. The lowest BCUT2D eigenvalue weighted by molar-refractivity contribution is -0.120. The van der Waals surface area contributed by atoms with E-state index in [1.54, 1.807) is 24.3 Å². The molecular formula is C16H15ClFNO2. The van der Waals surface area contributed by atoms with E-state index in [9.17, 15) is 14.3 Å². The van der Waals surface area contributed by atoms with Gasteiger partial charge in [0.05, 0.1) is 11.4 Å². The van der Waals surface area contributed by atoms with Crippen LogP contribution in [0.25, 0.3) is 0 Å². The molecule has 2 rings (SSSR count). The van der Waals surface area contributed by atoms with Gasteiger partial charge in [0.1, 0.15) is 11.6 Å². The van der Waals surface area contributed by atoms with Gasteiger partial charge in [-0.05, 0) is 41.8 Å². The molecular weight excluding hydrogens is 293 g/mol. The highest BCUT2D eigenvalue weighted by Crippen LogP contribution is 2.23. The van der Waals surface area contributed by atoms with Crippen molar-refractivity contribution in [2.24, 2.45) is 0 Å². The van der Waals surface area contributed by atoms with Gasteiger partial charge in [-0.25, -0.2) is 4.39 Å². The maximum absolute atomic E-state index is 12.7. The number of hydrogen-bond donors (Lipinski definition) is 2. The number of nitrogens with one attached hydrogen (secondary N) is 1. The number of carbonyl (C=O) groups excluding carboxylic acids is 1. The number of phenols is 1. The minimum Gasteiger partial charge on any atom is -0.506 e. The molecule has 0 aliphatic carbocycles. The van der Waals surface area contributed by atoms with E-state index in [0.29, 0.717) is 13.0 Å². The average molecular weight is 308 g/mol. The molecule has 0 atom stereocenters. The number of benzene rings is 2. The molecule has 2 aromatic rings. The first-order valence-corrected chi connectivity index (χ1v) is 6.91. The number of hydrogen-bond acceptors (Lipinski definition) is 2. The van der Waals surface area contributed by atoms with Gasteiger partial charge in [0, 0.05) is 6.54 Å². The summed E-state index contributed by atoms with van der Waals surface area (Å²) in [5.74, 6) is -0.400. The number of rotatable bonds is 5. The molecule has 0 saturated carbocycles. The minimum atomic E-state index is -0.271. The fourth-order valence-corrected chi connectivity index (χ4v) is 2.11. The molecule has 0 aromatic heterocycles. The second kappa shape index (κ2) is 7.09. The number of carbonyl (C=O) groups is 1. The summed E-state index contributed by atoms with van der Waals surface area (Å²) in [6.45, 7) is 0.482. The first-order chi connectivity index (χ1) is 10.0. The maximum atomic E-state index is 12.7. The van der Waals surface area contributed by atoms with Crippen molar-refractivity contribution in [2.45, 2.75) is 12.8 Å². The number of phenolic OH excluding ortho intramolecular Hbond substituents is 1. The Morgan fingerprint density at radius 1 is 1.14 bits per heavy atom. The van der Waals surface area contributed by atoms with Gasteiger partial charge in [0.25, 0.3) is 0 Å². The molecule has 0 heterocycles. The number of halogens is 2. The van der Waals surface area contributed by atoms with Crippen molar-refractivity contribution in [3.05, 3.63) is 64.4 Å². The second-order valence-corrected chi connectivity index (χ2v) is 5.10. The summed E-state index contributed by atoms with van der Waals surface area (Å²) in [5, 5.41) is 12.3. The highest BCUT2D eigenvalue weighted by atomic mass is 35.5. The van der Waals surface area contributed by atoms with E-state index in [-0.39, 0.29) is 28.9 Å². The van der Waals surface area contributed by atoms with E-state index < -0.39 is 0 Å². The smallest absolute Gasteiger partial charge is 0.224 e. The molecule has 3 nitrogen and oxygen atoms in total. The normalized spacial score (nSPS) is 10.4. The van der Waals surface area contributed by atoms with Gasteiger partial charge in [-0.1, -0.05) is 29.8 Å². The van der Waals surface area contributed by atoms with Gasteiger partial charge in [-0.15, -0.1) is 0 Å². The zero-order valence-electron chi connectivity index (χ0n) is 11.3. The second-order valence-electron chi connectivity index (χ2n) is 4.69. The van der Waals surface area contributed by atoms with Gasteiger partial charge in [0.15, 0.2) is 0 Å². The molecule has 0 fully saturated rings. The molecule has 21 heavy (non-hydrogen) atoms. The Balaban J connectivity index is 1.79. The minimum absolute atomic E-state index is 0.00265. The van der Waals surface area contributed by atoms with Crippen LogP contribution >= 0.6 is 11.6 Å². The summed E-state index contributed by atoms with van der Waals surface area (Å²) >= 11 is 5.78. The predicted molar refractivity (Wildman–Crippen MR) is 79.9 cm³/mol. The highest BCUT2D eigenvalue weighted by molar-refractivity contribution is 6.32. The lowest BCUT2D eigenvalue weighted by Gasteiger charge is -2.06. The molecule has 0 bridgehead atoms. The van der Waals surface area contributed by atoms with E-state index in [2.05, 4.69) is 5.32 Å². The average Bonchev–Trinajstić information content (AvgIpc) is 2.45. The molecule has 0 aliphatic rings. The zero-order chi connectivity index (χ0) is 15.2. The van der Waals surface area contributed by atoms with Crippen LogP contribution in [0, 0.1) is 5.82 Å². The molecule has 1 amide bonds. The third-order valence-electron chi connectivity index (χ3n) is 3.03. The van der Waals surface area contributed by atoms with E-state index in [0.717, 1.165) is 11.1 Å². The maximum Gasteiger partial charge on any atom is 0.224 e. The fourth-order valence-electron chi connectivity index (χ4n) is 1.91. The van der Waals surface area contributed by atoms with Crippen LogP contribution in [-0.2, 0) is 17.6 Å². The van der Waals surface area contributed by atoms with Crippen LogP contribution in [0.15, 0.2) is 42.5 Å². The third-order valence-corrected chi connectivity index (χ3v) is 3.33. The third kappa shape index (κ3) is 4.76. The Labute approximate surface area is 127 Å². The molecule has 2 N–H and O–H groups in total. The summed E-state index contributed by atoms with van der Waals surface area (Å²) in [5.41, 5.74) is 1.70. The van der Waals surface area contributed by atoms with Crippen molar-refractivity contribution in [2.75, 3.05) is 6.54 Å². The summed E-state index contributed by atoms with van der Waals surface area (Å²) < 4.78 is 12.7. The molecule has 0 spiro atoms. The van der Waals surface area contributed by atoms with Crippen LogP contribution in [0.1, 0.15) is 11.1 Å². The van der Waals surface area contributed by atoms with Crippen LogP contribution in [0.2, 0.25) is 5.02 Å². The van der Waals surface area contributed by atoms with Gasteiger partial charge in [-0.2, -0.15) is 0 Å². The zero-order valence-corrected chi connectivity index (χ0v) is 12.0. The van der Waals surface area contributed by atoms with Crippen LogP contribution < -0.4 is 5.32 Å². The van der Waals surface area contributed by atoms with E-state index in [1.807, 2.05) is 0 Å². The standard InChI is InChI=1S/C16H15ClFNO2/c17-14-9-12(3-6-15(14)20)10-16(21)19-8-7-11-1-4-13(18)5-2-11/h1-6,9,20H,7-8,10H2,(H,19,21). The Morgan fingerprint density at radius 3 is 2.48 bits per heavy atom. The van der Waals surface area contributed by atoms with Crippen molar-refractivity contribution < 1.29 is 14.3 Å². The van der Waals surface area contributed by atoms with E-state index in [4.69, 9.17) is 11.6 Å². The Hall–Kier alpha value is -2.07. The summed E-state index contributed by atoms with van der Waals surface area (Å²) in [6.07, 6.45) is 0.839. The highest BCUT2D eigenvalue weighted by Gasteiger charge is 2.05. The molecule has 2 aromatic carbocycles. The lowest BCUT2D eigenvalue weighted by atomic mass is 10.1. The van der Waals surface area contributed by atoms with Crippen LogP contribution in [-0.4, -0.2) is 17.6 Å². The topological polar surface area (TPSA) is 49.3 Å². The Morgan fingerprint density at radius 2 is 1.81 bits per heavy atom. The van der Waals surface area contributed by atoms with Gasteiger partial charge in [-0.3, -0.25) is 4.79 Å². The molecule has 0 radical (unpaired) electrons. The monoisotopic (exact) mass is 307 g/mol.